The predicted octanol–water partition coefficient (Wildman–Crippen LogP) is -0.246. The van der Waals surface area contributed by atoms with E-state index in [0.717, 1.165) is 0 Å². The highest BCUT2D eigenvalue weighted by molar-refractivity contribution is 7.71. The maximum absolute atomic E-state index is 10.3. The third-order valence-corrected chi connectivity index (χ3v) is 3.71. The number of imidazole rings is 1. The van der Waals surface area contributed by atoms with E-state index in [9.17, 15) is 10.2 Å². The summed E-state index contributed by atoms with van der Waals surface area (Å²) in [5, 5.41) is 19.6. The molecule has 2 aromatic heterocycles. The highest BCUT2D eigenvalue weighted by Gasteiger charge is 2.45. The van der Waals surface area contributed by atoms with Gasteiger partial charge in [0.25, 0.3) is 0 Å². The first-order valence-corrected chi connectivity index (χ1v) is 6.45. The maximum Gasteiger partial charge on any atom is 0.165 e. The van der Waals surface area contributed by atoms with Gasteiger partial charge in [-0.05, 0) is 0 Å². The molecule has 8 nitrogen and oxygen atoms in total. The first-order chi connectivity index (χ1) is 9.67. The number of aliphatic hydroxyl groups excluding tert-OH is 2. The summed E-state index contributed by atoms with van der Waals surface area (Å²) in [4.78, 5) is 11.0. The molecule has 1 fully saturated rings. The van der Waals surface area contributed by atoms with Crippen LogP contribution in [-0.4, -0.2) is 61.8 Å². The van der Waals surface area contributed by atoms with Gasteiger partial charge in [-0.2, -0.15) is 0 Å². The minimum atomic E-state index is -0.926. The number of hydrogen-bond donors (Lipinski definition) is 3. The van der Waals surface area contributed by atoms with Crippen LogP contribution in [0.5, 0.6) is 0 Å². The molecule has 3 N–H and O–H groups in total. The van der Waals surface area contributed by atoms with Crippen LogP contribution in [0, 0.1) is 4.64 Å². The Bertz CT molecular complexity index is 672. The Balaban J connectivity index is 2.04. The topological polar surface area (TPSA) is 105 Å². The number of hydrogen-bond acceptors (Lipinski definition) is 7. The Kier molecular flexibility index (Phi) is 3.52. The quantitative estimate of drug-likeness (QED) is 0.671. The molecule has 20 heavy (non-hydrogen) atoms. The lowest BCUT2D eigenvalue weighted by molar-refractivity contribution is -0.0535. The molecule has 4 atom stereocenters. The van der Waals surface area contributed by atoms with Crippen molar-refractivity contribution in [1.29, 1.82) is 0 Å². The summed E-state index contributed by atoms with van der Waals surface area (Å²) in [6.07, 6.45) is 0.134. The normalized spacial score (nSPS) is 30.1. The molecule has 3 rings (SSSR count). The molecule has 2 aromatic rings. The van der Waals surface area contributed by atoms with Crippen molar-refractivity contribution in [3.63, 3.8) is 0 Å². The highest BCUT2D eigenvalue weighted by atomic mass is 32.1. The van der Waals surface area contributed by atoms with E-state index in [1.165, 1.54) is 19.8 Å². The monoisotopic (exact) mass is 298 g/mol. The van der Waals surface area contributed by atoms with Crippen molar-refractivity contribution in [2.24, 2.45) is 0 Å². The number of aromatic amines is 1. The number of aliphatic hydroxyl groups is 2. The van der Waals surface area contributed by atoms with Crippen molar-refractivity contribution in [3.05, 3.63) is 17.3 Å². The number of fused-ring (bicyclic) bond motifs is 1. The molecule has 3 heterocycles. The molecular weight excluding hydrogens is 284 g/mol. The van der Waals surface area contributed by atoms with E-state index in [1.807, 2.05) is 0 Å². The first-order valence-electron chi connectivity index (χ1n) is 6.04. The Morgan fingerprint density at radius 1 is 1.55 bits per heavy atom. The second-order valence-corrected chi connectivity index (χ2v) is 4.88. The van der Waals surface area contributed by atoms with Gasteiger partial charge in [-0.3, -0.25) is 4.57 Å². The molecule has 0 aliphatic carbocycles. The van der Waals surface area contributed by atoms with Crippen molar-refractivity contribution in [3.8, 4) is 0 Å². The van der Waals surface area contributed by atoms with Crippen molar-refractivity contribution >= 4 is 23.4 Å². The van der Waals surface area contributed by atoms with Gasteiger partial charge in [0, 0.05) is 7.11 Å². The van der Waals surface area contributed by atoms with Gasteiger partial charge in [-0.25, -0.2) is 9.97 Å². The second kappa shape index (κ2) is 5.19. The summed E-state index contributed by atoms with van der Waals surface area (Å²) < 4.78 is 12.8. The Labute approximate surface area is 119 Å². The molecule has 0 amide bonds. The van der Waals surface area contributed by atoms with Crippen LogP contribution >= 0.6 is 12.2 Å². The fourth-order valence-corrected chi connectivity index (χ4v) is 2.66. The Morgan fingerprint density at radius 3 is 3.00 bits per heavy atom. The van der Waals surface area contributed by atoms with Crippen molar-refractivity contribution in [2.45, 2.75) is 24.5 Å². The van der Waals surface area contributed by atoms with Crippen LogP contribution in [-0.2, 0) is 9.47 Å². The lowest BCUT2D eigenvalue weighted by atomic mass is 10.1. The highest BCUT2D eigenvalue weighted by Crippen LogP contribution is 2.32. The van der Waals surface area contributed by atoms with E-state index in [2.05, 4.69) is 15.0 Å². The van der Waals surface area contributed by atoms with E-state index in [-0.39, 0.29) is 6.61 Å². The minimum Gasteiger partial charge on any atom is -0.394 e. The maximum atomic E-state index is 10.3. The average Bonchev–Trinajstić information content (AvgIpc) is 3.00. The van der Waals surface area contributed by atoms with Gasteiger partial charge in [-0.15, -0.1) is 0 Å². The molecule has 0 spiro atoms. The SMILES string of the molecule is CO[C@@H]1[C@@H](O)[C@@H](n2cnc3c(=S)nc[nH]c32)O[C@H]1CO. The van der Waals surface area contributed by atoms with Crippen LogP contribution in [0.1, 0.15) is 6.23 Å². The molecule has 9 heteroatoms. The van der Waals surface area contributed by atoms with Gasteiger partial charge in [0.05, 0.1) is 19.3 Å². The molecule has 0 aromatic carbocycles. The molecular formula is C11H14N4O4S. The van der Waals surface area contributed by atoms with Gasteiger partial charge >= 0.3 is 0 Å². The summed E-state index contributed by atoms with van der Waals surface area (Å²) in [7, 11) is 1.46. The number of rotatable bonds is 3. The van der Waals surface area contributed by atoms with Crippen LogP contribution in [0.4, 0.5) is 0 Å². The summed E-state index contributed by atoms with van der Waals surface area (Å²) in [6.45, 7) is -0.240. The van der Waals surface area contributed by atoms with Crippen LogP contribution in [0.15, 0.2) is 12.7 Å². The lowest BCUT2D eigenvalue weighted by Crippen LogP contribution is -2.35. The zero-order valence-corrected chi connectivity index (χ0v) is 11.4. The third-order valence-electron chi connectivity index (χ3n) is 3.42. The van der Waals surface area contributed by atoms with Crippen molar-refractivity contribution in [2.75, 3.05) is 13.7 Å². The van der Waals surface area contributed by atoms with Crippen LogP contribution in [0.3, 0.4) is 0 Å². The predicted molar refractivity (Wildman–Crippen MR) is 70.5 cm³/mol. The summed E-state index contributed by atoms with van der Waals surface area (Å²) in [5.41, 5.74) is 1.13. The molecule has 108 valence electrons. The van der Waals surface area contributed by atoms with Crippen molar-refractivity contribution < 1.29 is 19.7 Å². The molecule has 1 saturated heterocycles. The van der Waals surface area contributed by atoms with Gasteiger partial charge < -0.3 is 24.7 Å². The zero-order valence-electron chi connectivity index (χ0n) is 10.6. The number of nitrogens with one attached hydrogen (secondary N) is 1. The van der Waals surface area contributed by atoms with Crippen LogP contribution in [0.2, 0.25) is 0 Å². The fraction of sp³-hybridized carbons (Fsp3) is 0.545. The van der Waals surface area contributed by atoms with E-state index in [4.69, 9.17) is 21.7 Å². The summed E-state index contributed by atoms with van der Waals surface area (Å²) in [6, 6.07) is 0. The molecule has 0 saturated carbocycles. The molecule has 0 bridgehead atoms. The summed E-state index contributed by atoms with van der Waals surface area (Å²) >= 11 is 5.09. The van der Waals surface area contributed by atoms with Gasteiger partial charge in [0.15, 0.2) is 10.9 Å². The number of methoxy groups -OCH3 is 1. The van der Waals surface area contributed by atoms with Crippen LogP contribution < -0.4 is 0 Å². The fourth-order valence-electron chi connectivity index (χ4n) is 2.45. The van der Waals surface area contributed by atoms with E-state index >= 15 is 0 Å². The number of nitrogens with zero attached hydrogens (tertiary/aromatic N) is 3. The van der Waals surface area contributed by atoms with E-state index in [1.54, 1.807) is 4.57 Å². The summed E-state index contributed by atoms with van der Waals surface area (Å²) in [5.74, 6) is 0. The zero-order chi connectivity index (χ0) is 14.3. The smallest absolute Gasteiger partial charge is 0.165 e. The first kappa shape index (κ1) is 13.6. The number of ether oxygens (including phenoxy) is 2. The van der Waals surface area contributed by atoms with Gasteiger partial charge in [-0.1, -0.05) is 12.2 Å². The lowest BCUT2D eigenvalue weighted by Gasteiger charge is -2.18. The standard InChI is InChI=1S/C11H14N4O4S/c1-18-8-5(2-16)19-11(7(8)17)15-4-14-6-9(15)12-3-13-10(6)20/h3-5,7-8,11,16-17H,2H2,1H3,(H,12,13,20)/t5-,7+,8-,11-/m0/s1. The van der Waals surface area contributed by atoms with Gasteiger partial charge in [0.1, 0.15) is 29.5 Å². The second-order valence-electron chi connectivity index (χ2n) is 4.50. The van der Waals surface area contributed by atoms with Crippen molar-refractivity contribution in [1.82, 2.24) is 19.5 Å². The third kappa shape index (κ3) is 1.95. The molecule has 0 unspecified atom stereocenters. The minimum absolute atomic E-state index is 0.240. The largest absolute Gasteiger partial charge is 0.394 e. The average molecular weight is 298 g/mol. The molecule has 1 aliphatic rings. The van der Waals surface area contributed by atoms with Gasteiger partial charge in [0.2, 0.25) is 0 Å². The Morgan fingerprint density at radius 2 is 2.35 bits per heavy atom. The van der Waals surface area contributed by atoms with Crippen LogP contribution in [0.25, 0.3) is 11.2 Å². The van der Waals surface area contributed by atoms with E-state index in [0.29, 0.717) is 15.8 Å². The number of H-pyrrole nitrogens is 1. The molecule has 1 aliphatic heterocycles. The number of aromatic nitrogens is 4. The van der Waals surface area contributed by atoms with E-state index < -0.39 is 24.5 Å². The molecule has 0 radical (unpaired) electrons. The Hall–Kier alpha value is -1.39.